The van der Waals surface area contributed by atoms with Crippen LogP contribution in [0, 0.1) is 0 Å². The van der Waals surface area contributed by atoms with Crippen molar-refractivity contribution in [1.29, 1.82) is 0 Å². The summed E-state index contributed by atoms with van der Waals surface area (Å²) in [5.74, 6) is 1.47. The quantitative estimate of drug-likeness (QED) is 0.614. The second-order valence-electron chi connectivity index (χ2n) is 7.12. The predicted octanol–water partition coefficient (Wildman–Crippen LogP) is 4.63. The smallest absolute Gasteiger partial charge is 0.161 e. The minimum absolute atomic E-state index is 0.0229. The van der Waals surface area contributed by atoms with Crippen molar-refractivity contribution in [3.05, 3.63) is 95.6 Å². The van der Waals surface area contributed by atoms with Crippen molar-refractivity contribution in [2.45, 2.75) is 18.2 Å². The monoisotopic (exact) mass is 370 g/mol. The van der Waals surface area contributed by atoms with Gasteiger partial charge in [0.05, 0.1) is 32.0 Å². The first kappa shape index (κ1) is 17.0. The van der Waals surface area contributed by atoms with Crippen LogP contribution in [0.25, 0.3) is 0 Å². The van der Waals surface area contributed by atoms with E-state index in [-0.39, 0.29) is 6.17 Å². The molecule has 2 aliphatic rings. The Morgan fingerprint density at radius 3 is 2.07 bits per heavy atom. The van der Waals surface area contributed by atoms with Gasteiger partial charge in [0.15, 0.2) is 11.5 Å². The van der Waals surface area contributed by atoms with Crippen LogP contribution < -0.4 is 9.47 Å². The average molecular weight is 370 g/mol. The van der Waals surface area contributed by atoms with E-state index in [9.17, 15) is 0 Å². The molecule has 1 saturated heterocycles. The second kappa shape index (κ2) is 6.80. The standard InChI is InChI=1S/C24H22N2O2/c1-27-19-14-13-18(15-20(19)28-2)24-25-21(16-9-5-3-6-10-16)23-22(26(23)24)17-11-7-4-8-12-17/h3-15,22-24H,1-2H3/t22-,23+,24+,26?/m1/s1. The summed E-state index contributed by atoms with van der Waals surface area (Å²) in [7, 11) is 3.33. The second-order valence-corrected chi connectivity index (χ2v) is 7.12. The molecule has 0 N–H and O–H groups in total. The van der Waals surface area contributed by atoms with Crippen LogP contribution in [0.2, 0.25) is 0 Å². The molecule has 0 saturated carbocycles. The SMILES string of the molecule is COc1ccc([C@H]2N=C(c3ccccc3)[C@H]3[C@@H](c4ccccc4)N23)cc1OC. The number of aliphatic imine (C=N–C) groups is 1. The van der Waals surface area contributed by atoms with Crippen LogP contribution in [0.4, 0.5) is 0 Å². The summed E-state index contributed by atoms with van der Waals surface area (Å²) in [6.07, 6.45) is -0.0229. The van der Waals surface area contributed by atoms with Crippen molar-refractivity contribution in [3.63, 3.8) is 0 Å². The maximum absolute atomic E-state index is 5.52. The number of benzene rings is 3. The molecule has 1 unspecified atom stereocenters. The first-order valence-electron chi connectivity index (χ1n) is 9.49. The van der Waals surface area contributed by atoms with Crippen LogP contribution in [0.5, 0.6) is 11.5 Å². The Bertz CT molecular complexity index is 1020. The van der Waals surface area contributed by atoms with Crippen LogP contribution in [0.15, 0.2) is 83.9 Å². The number of rotatable bonds is 5. The lowest BCUT2D eigenvalue weighted by Gasteiger charge is -2.16. The van der Waals surface area contributed by atoms with Gasteiger partial charge in [-0.3, -0.25) is 9.89 Å². The number of hydrogen-bond donors (Lipinski definition) is 0. The maximum atomic E-state index is 5.52. The molecule has 2 aliphatic heterocycles. The molecule has 0 aromatic heterocycles. The molecule has 28 heavy (non-hydrogen) atoms. The Kier molecular flexibility index (Phi) is 4.14. The Morgan fingerprint density at radius 1 is 0.714 bits per heavy atom. The molecular weight excluding hydrogens is 348 g/mol. The number of hydrogen-bond acceptors (Lipinski definition) is 4. The number of nitrogens with zero attached hydrogens (tertiary/aromatic N) is 2. The fraction of sp³-hybridized carbons (Fsp3) is 0.208. The molecule has 4 nitrogen and oxygen atoms in total. The van der Waals surface area contributed by atoms with Gasteiger partial charge in [-0.2, -0.15) is 0 Å². The van der Waals surface area contributed by atoms with E-state index in [0.717, 1.165) is 22.8 Å². The van der Waals surface area contributed by atoms with Crippen LogP contribution in [0.1, 0.15) is 28.9 Å². The van der Waals surface area contributed by atoms with Crippen molar-refractivity contribution in [2.75, 3.05) is 14.2 Å². The Hall–Kier alpha value is -3.11. The van der Waals surface area contributed by atoms with E-state index in [0.29, 0.717) is 12.1 Å². The third kappa shape index (κ3) is 2.69. The van der Waals surface area contributed by atoms with E-state index in [4.69, 9.17) is 14.5 Å². The van der Waals surface area contributed by atoms with Crippen molar-refractivity contribution >= 4 is 5.71 Å². The summed E-state index contributed by atoms with van der Waals surface area (Å²) in [5, 5.41) is 0. The summed E-state index contributed by atoms with van der Waals surface area (Å²) < 4.78 is 10.9. The average Bonchev–Trinajstić information content (AvgIpc) is 3.38. The molecular formula is C24H22N2O2. The van der Waals surface area contributed by atoms with Crippen LogP contribution in [-0.2, 0) is 0 Å². The Balaban J connectivity index is 1.57. The molecule has 4 atom stereocenters. The highest BCUT2D eigenvalue weighted by atomic mass is 16.5. The minimum atomic E-state index is -0.0229. The van der Waals surface area contributed by atoms with Gasteiger partial charge < -0.3 is 9.47 Å². The topological polar surface area (TPSA) is 33.8 Å². The molecule has 3 aromatic rings. The number of methoxy groups -OCH3 is 2. The van der Waals surface area contributed by atoms with Crippen LogP contribution >= 0.6 is 0 Å². The molecule has 1 fully saturated rings. The zero-order chi connectivity index (χ0) is 19.1. The molecule has 0 bridgehead atoms. The van der Waals surface area contributed by atoms with Gasteiger partial charge in [-0.1, -0.05) is 66.7 Å². The number of ether oxygens (including phenoxy) is 2. The predicted molar refractivity (Wildman–Crippen MR) is 110 cm³/mol. The molecule has 0 aliphatic carbocycles. The molecule has 4 heteroatoms. The highest BCUT2D eigenvalue weighted by Gasteiger charge is 2.59. The molecule has 5 rings (SSSR count). The van der Waals surface area contributed by atoms with Crippen molar-refractivity contribution in [2.24, 2.45) is 4.99 Å². The maximum Gasteiger partial charge on any atom is 0.161 e. The van der Waals surface area contributed by atoms with E-state index >= 15 is 0 Å². The Morgan fingerprint density at radius 2 is 1.39 bits per heavy atom. The van der Waals surface area contributed by atoms with Crippen LogP contribution in [0.3, 0.4) is 0 Å². The van der Waals surface area contributed by atoms with Crippen LogP contribution in [-0.4, -0.2) is 30.9 Å². The van der Waals surface area contributed by atoms with E-state index < -0.39 is 0 Å². The van der Waals surface area contributed by atoms with E-state index in [2.05, 4.69) is 65.6 Å². The van der Waals surface area contributed by atoms with Crippen molar-refractivity contribution in [3.8, 4) is 11.5 Å². The normalized spacial score (nSPS) is 25.0. The van der Waals surface area contributed by atoms with Crippen molar-refractivity contribution < 1.29 is 9.47 Å². The molecule has 2 heterocycles. The van der Waals surface area contributed by atoms with E-state index in [1.807, 2.05) is 18.2 Å². The zero-order valence-electron chi connectivity index (χ0n) is 15.9. The molecule has 140 valence electrons. The molecule has 0 radical (unpaired) electrons. The van der Waals surface area contributed by atoms with Gasteiger partial charge in [-0.25, -0.2) is 0 Å². The fourth-order valence-corrected chi connectivity index (χ4v) is 4.24. The third-order valence-corrected chi connectivity index (χ3v) is 5.59. The summed E-state index contributed by atoms with van der Waals surface area (Å²) in [5.41, 5.74) is 4.81. The van der Waals surface area contributed by atoms with Gasteiger partial charge in [0.2, 0.25) is 0 Å². The van der Waals surface area contributed by atoms with Gasteiger partial charge in [0, 0.05) is 0 Å². The largest absolute Gasteiger partial charge is 0.493 e. The van der Waals surface area contributed by atoms with Gasteiger partial charge in [-0.15, -0.1) is 0 Å². The first-order valence-corrected chi connectivity index (χ1v) is 9.49. The lowest BCUT2D eigenvalue weighted by Crippen LogP contribution is -2.08. The summed E-state index contributed by atoms with van der Waals surface area (Å²) in [6, 6.07) is 27.9. The lowest BCUT2D eigenvalue weighted by atomic mass is 10.0. The van der Waals surface area contributed by atoms with Gasteiger partial charge in [0.1, 0.15) is 6.17 Å². The van der Waals surface area contributed by atoms with Gasteiger partial charge >= 0.3 is 0 Å². The highest BCUT2D eigenvalue weighted by molar-refractivity contribution is 6.08. The van der Waals surface area contributed by atoms with Gasteiger partial charge in [0.25, 0.3) is 0 Å². The highest BCUT2D eigenvalue weighted by Crippen LogP contribution is 2.56. The third-order valence-electron chi connectivity index (χ3n) is 5.59. The molecule has 0 amide bonds. The Labute approximate surface area is 165 Å². The molecule has 3 aromatic carbocycles. The van der Waals surface area contributed by atoms with Gasteiger partial charge in [-0.05, 0) is 28.8 Å². The van der Waals surface area contributed by atoms with E-state index in [1.165, 1.54) is 11.1 Å². The first-order chi connectivity index (χ1) is 13.8. The summed E-state index contributed by atoms with van der Waals surface area (Å²) in [4.78, 5) is 7.58. The van der Waals surface area contributed by atoms with E-state index in [1.54, 1.807) is 14.2 Å². The van der Waals surface area contributed by atoms with Crippen molar-refractivity contribution in [1.82, 2.24) is 4.90 Å². The summed E-state index contributed by atoms with van der Waals surface area (Å²) in [6.45, 7) is 0. The minimum Gasteiger partial charge on any atom is -0.493 e. The fourth-order valence-electron chi connectivity index (χ4n) is 4.24. The molecule has 0 spiro atoms. The number of fused-ring (bicyclic) bond motifs is 1. The lowest BCUT2D eigenvalue weighted by molar-refractivity contribution is 0.351. The zero-order valence-corrected chi connectivity index (χ0v) is 15.9. The summed E-state index contributed by atoms with van der Waals surface area (Å²) >= 11 is 0.